The zero-order chi connectivity index (χ0) is 16.4. The molecule has 2 N–H and O–H groups in total. The second kappa shape index (κ2) is 5.80. The van der Waals surface area contributed by atoms with Gasteiger partial charge in [-0.3, -0.25) is 5.10 Å². The van der Waals surface area contributed by atoms with Gasteiger partial charge >= 0.3 is 0 Å². The summed E-state index contributed by atoms with van der Waals surface area (Å²) in [6, 6.07) is 3.35. The van der Waals surface area contributed by atoms with Gasteiger partial charge in [0, 0.05) is 17.3 Å². The summed E-state index contributed by atoms with van der Waals surface area (Å²) in [7, 11) is 0. The lowest BCUT2D eigenvalue weighted by molar-refractivity contribution is 0.477. The number of phenols is 1. The summed E-state index contributed by atoms with van der Waals surface area (Å²) in [5.74, 6) is 0.864. The second-order valence-electron chi connectivity index (χ2n) is 4.83. The molecule has 0 aliphatic rings. The van der Waals surface area contributed by atoms with Gasteiger partial charge in [-0.25, -0.2) is 29.9 Å². The van der Waals surface area contributed by atoms with Crippen LogP contribution in [0.2, 0.25) is 0 Å². The van der Waals surface area contributed by atoms with Crippen LogP contribution in [-0.2, 0) is 0 Å². The second-order valence-corrected chi connectivity index (χ2v) is 4.83. The number of aromatic amines is 1. The minimum atomic E-state index is 0.0372. The zero-order valence-electron chi connectivity index (χ0n) is 12.2. The molecule has 24 heavy (non-hydrogen) atoms. The molecule has 116 valence electrons. The van der Waals surface area contributed by atoms with E-state index in [2.05, 4.69) is 40.1 Å². The summed E-state index contributed by atoms with van der Waals surface area (Å²) in [5.41, 5.74) is 2.68. The lowest BCUT2D eigenvalue weighted by Crippen LogP contribution is -1.95. The maximum Gasteiger partial charge on any atom is 0.166 e. The molecule has 0 bridgehead atoms. The van der Waals surface area contributed by atoms with Crippen LogP contribution in [0.5, 0.6) is 5.75 Å². The third kappa shape index (κ3) is 2.43. The van der Waals surface area contributed by atoms with E-state index in [0.717, 1.165) is 11.1 Å². The van der Waals surface area contributed by atoms with Crippen molar-refractivity contribution >= 4 is 0 Å². The molecule has 0 spiro atoms. The van der Waals surface area contributed by atoms with Crippen molar-refractivity contribution < 1.29 is 5.11 Å². The minimum Gasteiger partial charge on any atom is -0.507 e. The van der Waals surface area contributed by atoms with Gasteiger partial charge in [0.15, 0.2) is 11.6 Å². The summed E-state index contributed by atoms with van der Waals surface area (Å²) < 4.78 is 0. The lowest BCUT2D eigenvalue weighted by Gasteiger charge is -2.11. The van der Waals surface area contributed by atoms with Crippen LogP contribution in [0.25, 0.3) is 33.9 Å². The lowest BCUT2D eigenvalue weighted by atomic mass is 9.98. The van der Waals surface area contributed by atoms with Crippen LogP contribution in [0.3, 0.4) is 0 Å². The Morgan fingerprint density at radius 1 is 0.750 bits per heavy atom. The van der Waals surface area contributed by atoms with E-state index in [9.17, 15) is 5.11 Å². The van der Waals surface area contributed by atoms with Crippen LogP contribution >= 0.6 is 0 Å². The number of H-pyrrole nitrogens is 1. The molecule has 0 saturated heterocycles. The first-order valence-electron chi connectivity index (χ1n) is 6.94. The average Bonchev–Trinajstić information content (AvgIpc) is 3.17. The van der Waals surface area contributed by atoms with Crippen LogP contribution in [0.4, 0.5) is 0 Å². The first kappa shape index (κ1) is 13.9. The molecule has 9 heteroatoms. The van der Waals surface area contributed by atoms with Crippen molar-refractivity contribution in [3.63, 3.8) is 0 Å². The molecule has 3 aromatic heterocycles. The van der Waals surface area contributed by atoms with Crippen molar-refractivity contribution in [1.82, 2.24) is 40.1 Å². The molecule has 4 rings (SSSR count). The van der Waals surface area contributed by atoms with E-state index in [1.165, 1.54) is 25.3 Å². The summed E-state index contributed by atoms with van der Waals surface area (Å²) in [5, 5.41) is 17.1. The molecule has 0 aliphatic heterocycles. The Labute approximate surface area is 135 Å². The van der Waals surface area contributed by atoms with Crippen molar-refractivity contribution in [2.45, 2.75) is 0 Å². The predicted molar refractivity (Wildman–Crippen MR) is 83.3 cm³/mol. The van der Waals surface area contributed by atoms with E-state index in [4.69, 9.17) is 0 Å². The largest absolute Gasteiger partial charge is 0.507 e. The van der Waals surface area contributed by atoms with Crippen molar-refractivity contribution in [3.8, 4) is 39.7 Å². The van der Waals surface area contributed by atoms with Gasteiger partial charge in [-0.15, -0.1) is 0 Å². The molecule has 9 nitrogen and oxygen atoms in total. The highest BCUT2D eigenvalue weighted by molar-refractivity contribution is 5.86. The molecule has 3 heterocycles. The Hall–Kier alpha value is -3.75. The highest BCUT2D eigenvalue weighted by Crippen LogP contribution is 2.38. The first-order valence-corrected chi connectivity index (χ1v) is 6.94. The number of aromatic hydroxyl groups is 1. The molecule has 4 aromatic rings. The fourth-order valence-electron chi connectivity index (χ4n) is 2.35. The summed E-state index contributed by atoms with van der Waals surface area (Å²) >= 11 is 0. The monoisotopic (exact) mass is 318 g/mol. The Bertz CT molecular complexity index is 958. The zero-order valence-corrected chi connectivity index (χ0v) is 12.2. The maximum absolute atomic E-state index is 10.4. The van der Waals surface area contributed by atoms with Crippen LogP contribution < -0.4 is 0 Å². The Morgan fingerprint density at radius 2 is 1.38 bits per heavy atom. The number of benzene rings is 1. The Morgan fingerprint density at radius 3 is 1.96 bits per heavy atom. The SMILES string of the molecule is Oc1cc(-c2cn[nH]c2)c(-c2ncncn2)cc1-c1ncncn1. The molecular formula is C15H10N8O. The van der Waals surface area contributed by atoms with Crippen molar-refractivity contribution in [2.75, 3.05) is 0 Å². The molecule has 1 aromatic carbocycles. The van der Waals surface area contributed by atoms with Crippen LogP contribution in [0.15, 0.2) is 49.8 Å². The van der Waals surface area contributed by atoms with Gasteiger partial charge in [0.1, 0.15) is 31.1 Å². The number of nitrogens with one attached hydrogen (secondary N) is 1. The normalized spacial score (nSPS) is 10.7. The topological polar surface area (TPSA) is 126 Å². The van der Waals surface area contributed by atoms with Gasteiger partial charge in [0.05, 0.1) is 11.8 Å². The van der Waals surface area contributed by atoms with Crippen molar-refractivity contribution in [3.05, 3.63) is 49.8 Å². The maximum atomic E-state index is 10.4. The molecule has 0 radical (unpaired) electrons. The highest BCUT2D eigenvalue weighted by Gasteiger charge is 2.17. The number of phenolic OH excluding ortho intramolecular Hbond substituents is 1. The summed E-state index contributed by atoms with van der Waals surface area (Å²) in [4.78, 5) is 24.2. The number of hydrogen-bond donors (Lipinski definition) is 2. The van der Waals surface area contributed by atoms with Gasteiger partial charge in [0.25, 0.3) is 0 Å². The first-order chi connectivity index (χ1) is 11.8. The Balaban J connectivity index is 1.98. The van der Waals surface area contributed by atoms with E-state index in [-0.39, 0.29) is 5.75 Å². The molecule has 0 aliphatic carbocycles. The number of nitrogens with zero attached hydrogens (tertiary/aromatic N) is 7. The van der Waals surface area contributed by atoms with Gasteiger partial charge in [-0.2, -0.15) is 5.10 Å². The Kier molecular flexibility index (Phi) is 3.35. The van der Waals surface area contributed by atoms with E-state index in [1.54, 1.807) is 24.5 Å². The van der Waals surface area contributed by atoms with E-state index >= 15 is 0 Å². The third-order valence-corrected chi connectivity index (χ3v) is 3.41. The van der Waals surface area contributed by atoms with Crippen LogP contribution in [0, 0.1) is 0 Å². The summed E-state index contributed by atoms with van der Waals surface area (Å²) in [6.07, 6.45) is 8.95. The van der Waals surface area contributed by atoms with Crippen LogP contribution in [0.1, 0.15) is 0 Å². The van der Waals surface area contributed by atoms with E-state index in [0.29, 0.717) is 22.8 Å². The fraction of sp³-hybridized carbons (Fsp3) is 0. The van der Waals surface area contributed by atoms with E-state index in [1.807, 2.05) is 0 Å². The standard InChI is InChI=1S/C15H10N8O/c24-13-2-10(9-3-22-23-4-9)11(14-18-5-16-6-19-14)1-12(13)15-20-7-17-8-21-15/h1-8,24H,(H,22,23). The molecule has 0 unspecified atom stereocenters. The third-order valence-electron chi connectivity index (χ3n) is 3.41. The molecule has 0 amide bonds. The summed E-state index contributed by atoms with van der Waals surface area (Å²) in [6.45, 7) is 0. The van der Waals surface area contributed by atoms with Gasteiger partial charge in [-0.1, -0.05) is 0 Å². The van der Waals surface area contributed by atoms with Crippen molar-refractivity contribution in [1.29, 1.82) is 0 Å². The fourth-order valence-corrected chi connectivity index (χ4v) is 2.35. The molecular weight excluding hydrogens is 308 g/mol. The van der Waals surface area contributed by atoms with E-state index < -0.39 is 0 Å². The van der Waals surface area contributed by atoms with Gasteiger partial charge in [0.2, 0.25) is 0 Å². The van der Waals surface area contributed by atoms with Gasteiger partial charge in [-0.05, 0) is 17.7 Å². The molecule has 0 atom stereocenters. The van der Waals surface area contributed by atoms with Crippen LogP contribution in [-0.4, -0.2) is 45.2 Å². The molecule has 0 fully saturated rings. The van der Waals surface area contributed by atoms with Gasteiger partial charge < -0.3 is 5.11 Å². The smallest absolute Gasteiger partial charge is 0.166 e. The molecule has 0 saturated carbocycles. The number of aromatic nitrogens is 8. The predicted octanol–water partition coefficient (Wildman–Crippen LogP) is 1.49. The quantitative estimate of drug-likeness (QED) is 0.581. The minimum absolute atomic E-state index is 0.0372. The number of hydrogen-bond acceptors (Lipinski definition) is 8. The highest BCUT2D eigenvalue weighted by atomic mass is 16.3. The average molecular weight is 318 g/mol. The number of rotatable bonds is 3. The van der Waals surface area contributed by atoms with Crippen molar-refractivity contribution in [2.24, 2.45) is 0 Å².